The number of aryl methyl sites for hydroxylation is 1. The van der Waals surface area contributed by atoms with E-state index in [0.29, 0.717) is 53.7 Å². The summed E-state index contributed by atoms with van der Waals surface area (Å²) < 4.78 is 34.2. The molecule has 2 saturated heterocycles. The minimum Gasteiger partial charge on any atom is -0.384 e. The van der Waals surface area contributed by atoms with Crippen molar-refractivity contribution in [2.24, 2.45) is 0 Å². The van der Waals surface area contributed by atoms with E-state index in [1.54, 1.807) is 16.8 Å². The minimum atomic E-state index is -3.51. The average molecular weight is 545 g/mol. The van der Waals surface area contributed by atoms with Gasteiger partial charge >= 0.3 is 0 Å². The maximum Gasteiger partial charge on any atom is 0.243 e. The SMILES string of the molecule is Cc1cc(N)n(-c2cc(N3CCN(C)CC3)nc(SCc3ccc(S(=O)(=O)N4CCOCC4)cc3)n2)n1. The Morgan fingerprint density at radius 3 is 2.30 bits per heavy atom. The van der Waals surface area contributed by atoms with Gasteiger partial charge in [0.2, 0.25) is 10.0 Å². The third kappa shape index (κ3) is 5.91. The number of hydrogen-bond acceptors (Lipinski definition) is 10. The molecule has 4 heterocycles. The molecule has 198 valence electrons. The number of nitrogen functional groups attached to an aromatic ring is 1. The molecule has 0 bridgehead atoms. The molecule has 2 aliphatic rings. The second-order valence-electron chi connectivity index (χ2n) is 9.23. The molecular formula is C24H32N8O3S2. The van der Waals surface area contributed by atoms with Gasteiger partial charge in [0.25, 0.3) is 0 Å². The van der Waals surface area contributed by atoms with Crippen molar-refractivity contribution < 1.29 is 13.2 Å². The number of hydrogen-bond donors (Lipinski definition) is 1. The van der Waals surface area contributed by atoms with Crippen LogP contribution >= 0.6 is 11.8 Å². The number of sulfonamides is 1. The fourth-order valence-electron chi connectivity index (χ4n) is 4.32. The maximum absolute atomic E-state index is 12.9. The number of benzene rings is 1. The first-order chi connectivity index (χ1) is 17.8. The molecule has 5 rings (SSSR count). The zero-order chi connectivity index (χ0) is 26.0. The number of ether oxygens (including phenoxy) is 1. The van der Waals surface area contributed by atoms with E-state index >= 15 is 0 Å². The van der Waals surface area contributed by atoms with Crippen LogP contribution in [0.25, 0.3) is 5.82 Å². The van der Waals surface area contributed by atoms with Crippen LogP contribution in [0.1, 0.15) is 11.3 Å². The molecule has 3 aromatic rings. The van der Waals surface area contributed by atoms with Gasteiger partial charge in [0.15, 0.2) is 11.0 Å². The van der Waals surface area contributed by atoms with E-state index in [2.05, 4.69) is 21.9 Å². The lowest BCUT2D eigenvalue weighted by Crippen LogP contribution is -2.44. The molecule has 13 heteroatoms. The smallest absolute Gasteiger partial charge is 0.243 e. The Bertz CT molecular complexity index is 1330. The van der Waals surface area contributed by atoms with Crippen LogP contribution in [0.4, 0.5) is 11.6 Å². The summed E-state index contributed by atoms with van der Waals surface area (Å²) in [6.07, 6.45) is 0. The third-order valence-electron chi connectivity index (χ3n) is 6.48. The highest BCUT2D eigenvalue weighted by Crippen LogP contribution is 2.27. The van der Waals surface area contributed by atoms with E-state index in [-0.39, 0.29) is 0 Å². The summed E-state index contributed by atoms with van der Waals surface area (Å²) in [6, 6.07) is 10.8. The van der Waals surface area contributed by atoms with Crippen molar-refractivity contribution in [3.8, 4) is 5.82 Å². The van der Waals surface area contributed by atoms with Crippen LogP contribution in [0.2, 0.25) is 0 Å². The van der Waals surface area contributed by atoms with Crippen LogP contribution < -0.4 is 10.6 Å². The number of piperazine rings is 1. The lowest BCUT2D eigenvalue weighted by atomic mass is 10.2. The fraction of sp³-hybridized carbons (Fsp3) is 0.458. The van der Waals surface area contributed by atoms with Gasteiger partial charge in [-0.2, -0.15) is 14.1 Å². The zero-order valence-electron chi connectivity index (χ0n) is 21.1. The van der Waals surface area contributed by atoms with Crippen molar-refractivity contribution in [1.82, 2.24) is 29.0 Å². The highest BCUT2D eigenvalue weighted by atomic mass is 32.2. The molecule has 0 amide bonds. The van der Waals surface area contributed by atoms with E-state index < -0.39 is 10.0 Å². The predicted octanol–water partition coefficient (Wildman–Crippen LogP) is 1.62. The topological polar surface area (TPSA) is 123 Å². The molecule has 37 heavy (non-hydrogen) atoms. The van der Waals surface area contributed by atoms with Crippen LogP contribution in [0.3, 0.4) is 0 Å². The molecule has 2 aromatic heterocycles. The van der Waals surface area contributed by atoms with Crippen LogP contribution in [-0.4, -0.2) is 96.9 Å². The quantitative estimate of drug-likeness (QED) is 0.347. The van der Waals surface area contributed by atoms with E-state index in [0.717, 1.165) is 43.3 Å². The number of anilines is 2. The number of thioether (sulfide) groups is 1. The van der Waals surface area contributed by atoms with Gasteiger partial charge in [0.05, 0.1) is 23.8 Å². The van der Waals surface area contributed by atoms with Gasteiger partial charge in [-0.1, -0.05) is 23.9 Å². The summed E-state index contributed by atoms with van der Waals surface area (Å²) in [4.78, 5) is 14.4. The van der Waals surface area contributed by atoms with Gasteiger partial charge in [-0.05, 0) is 31.7 Å². The van der Waals surface area contributed by atoms with Crippen molar-refractivity contribution in [1.29, 1.82) is 0 Å². The van der Waals surface area contributed by atoms with Crippen molar-refractivity contribution in [2.45, 2.75) is 22.7 Å². The van der Waals surface area contributed by atoms with Crippen molar-refractivity contribution >= 4 is 33.4 Å². The standard InChI is InChI=1S/C24H32N8O3S2/c1-18-15-21(25)32(28-18)23-16-22(30-9-7-29(2)8-10-30)26-24(27-23)36-17-19-3-5-20(6-4-19)37(33,34)31-11-13-35-14-12-31/h3-6,15-16H,7-14,17,25H2,1-2H3. The van der Waals surface area contributed by atoms with E-state index in [1.807, 2.05) is 31.2 Å². The second-order valence-corrected chi connectivity index (χ2v) is 12.1. The van der Waals surface area contributed by atoms with E-state index in [9.17, 15) is 8.42 Å². The molecule has 2 N–H and O–H groups in total. The van der Waals surface area contributed by atoms with Crippen molar-refractivity contribution in [2.75, 3.05) is 70.2 Å². The van der Waals surface area contributed by atoms with Gasteiger partial charge in [-0.25, -0.2) is 18.4 Å². The summed E-state index contributed by atoms with van der Waals surface area (Å²) in [6.45, 7) is 7.18. The Morgan fingerprint density at radius 2 is 1.65 bits per heavy atom. The Morgan fingerprint density at radius 1 is 0.973 bits per heavy atom. The van der Waals surface area contributed by atoms with Crippen LogP contribution in [0.15, 0.2) is 46.5 Å². The van der Waals surface area contributed by atoms with Gasteiger partial charge in [-0.15, -0.1) is 0 Å². The number of nitrogens with two attached hydrogens (primary N) is 1. The van der Waals surface area contributed by atoms with Crippen LogP contribution in [0.5, 0.6) is 0 Å². The van der Waals surface area contributed by atoms with Crippen LogP contribution in [-0.2, 0) is 20.5 Å². The Labute approximate surface area is 221 Å². The summed E-state index contributed by atoms with van der Waals surface area (Å²) in [5, 5.41) is 5.12. The number of aromatic nitrogens is 4. The van der Waals surface area contributed by atoms with Gasteiger partial charge in [-0.3, -0.25) is 0 Å². The highest BCUT2D eigenvalue weighted by Gasteiger charge is 2.26. The largest absolute Gasteiger partial charge is 0.384 e. The molecular weight excluding hydrogens is 512 g/mol. The molecule has 0 aliphatic carbocycles. The second kappa shape index (κ2) is 11.0. The number of nitrogens with zero attached hydrogens (tertiary/aromatic N) is 7. The maximum atomic E-state index is 12.9. The van der Waals surface area contributed by atoms with Gasteiger partial charge < -0.3 is 20.3 Å². The molecule has 0 spiro atoms. The highest BCUT2D eigenvalue weighted by molar-refractivity contribution is 7.98. The zero-order valence-corrected chi connectivity index (χ0v) is 22.7. The summed E-state index contributed by atoms with van der Waals surface area (Å²) in [7, 11) is -1.40. The van der Waals surface area contributed by atoms with Crippen LogP contribution in [0, 0.1) is 6.92 Å². The first-order valence-corrected chi connectivity index (χ1v) is 14.7. The molecule has 11 nitrogen and oxygen atoms in total. The minimum absolute atomic E-state index is 0.295. The summed E-state index contributed by atoms with van der Waals surface area (Å²) in [5.74, 6) is 2.59. The molecule has 0 unspecified atom stereocenters. The first-order valence-electron chi connectivity index (χ1n) is 12.2. The molecule has 1 aromatic carbocycles. The predicted molar refractivity (Wildman–Crippen MR) is 144 cm³/mol. The molecule has 0 saturated carbocycles. The molecule has 2 fully saturated rings. The van der Waals surface area contributed by atoms with Gasteiger partial charge in [0, 0.05) is 57.2 Å². The number of likely N-dealkylation sites (N-methyl/N-ethyl adjacent to an activating group) is 1. The van der Waals surface area contributed by atoms with E-state index in [4.69, 9.17) is 20.4 Å². The Balaban J connectivity index is 1.35. The third-order valence-corrected chi connectivity index (χ3v) is 9.31. The lowest BCUT2D eigenvalue weighted by Gasteiger charge is -2.33. The van der Waals surface area contributed by atoms with Crippen molar-refractivity contribution in [3.63, 3.8) is 0 Å². The molecule has 2 aliphatic heterocycles. The number of rotatable bonds is 7. The molecule has 0 atom stereocenters. The summed E-state index contributed by atoms with van der Waals surface area (Å²) >= 11 is 1.50. The van der Waals surface area contributed by atoms with Gasteiger partial charge in [0.1, 0.15) is 11.6 Å². The Kier molecular flexibility index (Phi) is 7.67. The Hall–Kier alpha value is -2.71. The number of morpholine rings is 1. The van der Waals surface area contributed by atoms with E-state index in [1.165, 1.54) is 16.1 Å². The monoisotopic (exact) mass is 544 g/mol. The molecule has 0 radical (unpaired) electrons. The lowest BCUT2D eigenvalue weighted by molar-refractivity contribution is 0.0730. The fourth-order valence-corrected chi connectivity index (χ4v) is 6.53. The average Bonchev–Trinajstić information content (AvgIpc) is 3.26. The summed E-state index contributed by atoms with van der Waals surface area (Å²) in [5.41, 5.74) is 7.99. The first kappa shape index (κ1) is 25.9. The normalized spacial score (nSPS) is 17.8. The van der Waals surface area contributed by atoms with Crippen molar-refractivity contribution in [3.05, 3.63) is 47.7 Å².